The average molecular weight is 252 g/mol. The third-order valence-corrected chi connectivity index (χ3v) is 1.98. The van der Waals surface area contributed by atoms with E-state index in [1.165, 1.54) is 6.07 Å². The second kappa shape index (κ2) is 4.41. The third kappa shape index (κ3) is 3.18. The highest BCUT2D eigenvalue weighted by Gasteiger charge is 2.06. The molecule has 0 amide bonds. The van der Waals surface area contributed by atoms with Crippen LogP contribution >= 0.6 is 15.9 Å². The number of anilines is 1. The first-order valence-electron chi connectivity index (χ1n) is 3.55. The van der Waals surface area contributed by atoms with Crippen LogP contribution in [0.15, 0.2) is 22.7 Å². The van der Waals surface area contributed by atoms with E-state index in [0.717, 1.165) is 0 Å². The highest BCUT2D eigenvalue weighted by Crippen LogP contribution is 2.27. The smallest absolute Gasteiger partial charge is 0.272 e. The van der Waals surface area contributed by atoms with Crippen LogP contribution in [0.2, 0.25) is 0 Å². The van der Waals surface area contributed by atoms with Gasteiger partial charge in [0.25, 0.3) is 6.43 Å². The predicted molar refractivity (Wildman–Crippen MR) is 50.1 cm³/mol. The molecule has 0 saturated heterocycles. The Balaban J connectivity index is 2.70. The van der Waals surface area contributed by atoms with Crippen molar-refractivity contribution in [2.45, 2.75) is 6.43 Å². The molecule has 0 spiro atoms. The first-order chi connectivity index (χ1) is 6.09. The van der Waals surface area contributed by atoms with E-state index < -0.39 is 13.0 Å². The van der Waals surface area contributed by atoms with Gasteiger partial charge in [-0.25, -0.2) is 8.78 Å². The maximum atomic E-state index is 11.8. The first-order valence-corrected chi connectivity index (χ1v) is 4.35. The minimum Gasteiger partial charge on any atom is -0.486 e. The largest absolute Gasteiger partial charge is 0.486 e. The highest BCUT2D eigenvalue weighted by molar-refractivity contribution is 9.10. The fourth-order valence-electron chi connectivity index (χ4n) is 0.783. The Morgan fingerprint density at radius 1 is 1.46 bits per heavy atom. The maximum absolute atomic E-state index is 11.8. The normalized spacial score (nSPS) is 10.5. The van der Waals surface area contributed by atoms with Gasteiger partial charge in [-0.1, -0.05) is 0 Å². The van der Waals surface area contributed by atoms with Gasteiger partial charge in [-0.05, 0) is 28.1 Å². The van der Waals surface area contributed by atoms with Crippen LogP contribution in [-0.4, -0.2) is 13.0 Å². The Hall–Kier alpha value is -0.840. The number of rotatable bonds is 3. The summed E-state index contributed by atoms with van der Waals surface area (Å²) in [5, 5.41) is 0. The Morgan fingerprint density at radius 2 is 2.15 bits per heavy atom. The summed E-state index contributed by atoms with van der Waals surface area (Å²) >= 11 is 3.16. The molecule has 1 aromatic rings. The van der Waals surface area contributed by atoms with Gasteiger partial charge >= 0.3 is 0 Å². The number of alkyl halides is 2. The average Bonchev–Trinajstić information content (AvgIpc) is 2.06. The van der Waals surface area contributed by atoms with Crippen molar-refractivity contribution < 1.29 is 13.5 Å². The molecule has 13 heavy (non-hydrogen) atoms. The summed E-state index contributed by atoms with van der Waals surface area (Å²) < 4.78 is 29.0. The van der Waals surface area contributed by atoms with E-state index >= 15 is 0 Å². The van der Waals surface area contributed by atoms with Crippen molar-refractivity contribution in [2.24, 2.45) is 0 Å². The Kier molecular flexibility index (Phi) is 3.48. The van der Waals surface area contributed by atoms with E-state index in [9.17, 15) is 8.78 Å². The van der Waals surface area contributed by atoms with Crippen molar-refractivity contribution in [3.63, 3.8) is 0 Å². The lowest BCUT2D eigenvalue weighted by molar-refractivity contribution is 0.0815. The van der Waals surface area contributed by atoms with E-state index in [-0.39, 0.29) is 0 Å². The van der Waals surface area contributed by atoms with Gasteiger partial charge in [-0.2, -0.15) is 0 Å². The number of benzene rings is 1. The molecule has 1 rings (SSSR count). The zero-order valence-electron chi connectivity index (χ0n) is 6.64. The van der Waals surface area contributed by atoms with Gasteiger partial charge in [0.15, 0.2) is 0 Å². The van der Waals surface area contributed by atoms with Gasteiger partial charge in [0.2, 0.25) is 0 Å². The molecule has 1 aromatic carbocycles. The summed E-state index contributed by atoms with van der Waals surface area (Å²) in [6, 6.07) is 4.79. The quantitative estimate of drug-likeness (QED) is 0.839. The molecule has 0 bridgehead atoms. The Labute approximate surface area is 82.8 Å². The lowest BCUT2D eigenvalue weighted by Crippen LogP contribution is -2.07. The molecule has 0 aliphatic carbocycles. The van der Waals surface area contributed by atoms with Gasteiger partial charge in [0.1, 0.15) is 12.4 Å². The molecule has 0 aliphatic rings. The highest BCUT2D eigenvalue weighted by atomic mass is 79.9. The van der Waals surface area contributed by atoms with E-state index in [1.54, 1.807) is 12.1 Å². The number of nitrogen functional groups attached to an aromatic ring is 1. The van der Waals surface area contributed by atoms with Crippen LogP contribution in [0.25, 0.3) is 0 Å². The summed E-state index contributed by atoms with van der Waals surface area (Å²) in [6.07, 6.45) is -2.48. The van der Waals surface area contributed by atoms with Gasteiger partial charge in [-0.3, -0.25) is 0 Å². The fraction of sp³-hybridized carbons (Fsp3) is 0.250. The molecule has 0 saturated carbocycles. The molecule has 0 fully saturated rings. The zero-order chi connectivity index (χ0) is 9.84. The predicted octanol–water partition coefficient (Wildman–Crippen LogP) is 2.68. The van der Waals surface area contributed by atoms with Crippen LogP contribution in [0.1, 0.15) is 0 Å². The van der Waals surface area contributed by atoms with Gasteiger partial charge in [0, 0.05) is 11.8 Å². The van der Waals surface area contributed by atoms with E-state index in [0.29, 0.717) is 15.9 Å². The molecule has 2 nitrogen and oxygen atoms in total. The molecular formula is C8H8BrF2NO. The Morgan fingerprint density at radius 3 is 2.77 bits per heavy atom. The summed E-state index contributed by atoms with van der Waals surface area (Å²) in [5.41, 5.74) is 5.92. The topological polar surface area (TPSA) is 35.2 Å². The van der Waals surface area contributed by atoms with Gasteiger partial charge in [0.05, 0.1) is 4.47 Å². The number of halogens is 3. The molecule has 0 aromatic heterocycles. The lowest BCUT2D eigenvalue weighted by Gasteiger charge is -2.07. The molecule has 72 valence electrons. The van der Waals surface area contributed by atoms with Crippen molar-refractivity contribution in [1.82, 2.24) is 0 Å². The SMILES string of the molecule is Nc1ccc(Br)c(OCC(F)F)c1. The second-order valence-corrected chi connectivity index (χ2v) is 3.25. The van der Waals surface area contributed by atoms with Crippen molar-refractivity contribution >= 4 is 21.6 Å². The molecule has 0 unspecified atom stereocenters. The third-order valence-electron chi connectivity index (χ3n) is 1.32. The monoisotopic (exact) mass is 251 g/mol. The summed E-state index contributed by atoms with van der Waals surface area (Å²) in [5.74, 6) is 0.334. The molecule has 0 atom stereocenters. The summed E-state index contributed by atoms with van der Waals surface area (Å²) in [6.45, 7) is -0.623. The van der Waals surface area contributed by atoms with Crippen LogP contribution in [0.5, 0.6) is 5.75 Å². The standard InChI is InChI=1S/C8H8BrF2NO/c9-6-2-1-5(12)3-7(6)13-4-8(10)11/h1-3,8H,4,12H2. The first kappa shape index (κ1) is 10.2. The molecule has 0 heterocycles. The fourth-order valence-corrected chi connectivity index (χ4v) is 1.14. The van der Waals surface area contributed by atoms with Crippen LogP contribution < -0.4 is 10.5 Å². The van der Waals surface area contributed by atoms with Crippen LogP contribution in [0, 0.1) is 0 Å². The van der Waals surface area contributed by atoms with Crippen molar-refractivity contribution in [3.05, 3.63) is 22.7 Å². The van der Waals surface area contributed by atoms with Crippen LogP contribution in [0.4, 0.5) is 14.5 Å². The lowest BCUT2D eigenvalue weighted by atomic mass is 10.3. The van der Waals surface area contributed by atoms with Crippen molar-refractivity contribution in [2.75, 3.05) is 12.3 Å². The molecule has 5 heteroatoms. The zero-order valence-corrected chi connectivity index (χ0v) is 8.22. The van der Waals surface area contributed by atoms with E-state index in [4.69, 9.17) is 10.5 Å². The van der Waals surface area contributed by atoms with E-state index in [1.807, 2.05) is 0 Å². The second-order valence-electron chi connectivity index (χ2n) is 2.39. The number of nitrogens with two attached hydrogens (primary N) is 1. The van der Waals surface area contributed by atoms with Crippen LogP contribution in [-0.2, 0) is 0 Å². The molecule has 0 aliphatic heterocycles. The minimum atomic E-state index is -2.48. The van der Waals surface area contributed by atoms with Gasteiger partial charge in [-0.15, -0.1) is 0 Å². The molecular weight excluding hydrogens is 244 g/mol. The van der Waals surface area contributed by atoms with E-state index in [2.05, 4.69) is 15.9 Å². The van der Waals surface area contributed by atoms with Gasteiger partial charge < -0.3 is 10.5 Å². The van der Waals surface area contributed by atoms with Crippen molar-refractivity contribution in [1.29, 1.82) is 0 Å². The number of ether oxygens (including phenoxy) is 1. The molecule has 0 radical (unpaired) electrons. The summed E-state index contributed by atoms with van der Waals surface area (Å²) in [7, 11) is 0. The van der Waals surface area contributed by atoms with Crippen molar-refractivity contribution in [3.8, 4) is 5.75 Å². The van der Waals surface area contributed by atoms with Crippen LogP contribution in [0.3, 0.4) is 0 Å². The number of hydrogen-bond donors (Lipinski definition) is 1. The molecule has 2 N–H and O–H groups in total. The minimum absolute atomic E-state index is 0.334. The summed E-state index contributed by atoms with van der Waals surface area (Å²) in [4.78, 5) is 0. The number of hydrogen-bond acceptors (Lipinski definition) is 2. The maximum Gasteiger partial charge on any atom is 0.272 e. The Bertz CT molecular complexity index is 293.